The molecule has 2 bridgehead atoms. The van der Waals surface area contributed by atoms with Crippen LogP contribution < -0.4 is 15.4 Å². The molecular weight excluding hydrogens is 440 g/mol. The Morgan fingerprint density at radius 2 is 2.12 bits per heavy atom. The fraction of sp³-hybridized carbons (Fsp3) is 0.560. The molecule has 0 radical (unpaired) electrons. The van der Waals surface area contributed by atoms with Gasteiger partial charge < -0.3 is 15.4 Å². The molecule has 1 saturated carbocycles. The van der Waals surface area contributed by atoms with E-state index in [9.17, 15) is 14.9 Å². The highest BCUT2D eigenvalue weighted by Gasteiger charge is 2.46. The molecule has 1 saturated heterocycles. The molecule has 2 atom stereocenters. The lowest BCUT2D eigenvalue weighted by atomic mass is 9.90. The van der Waals surface area contributed by atoms with Crippen LogP contribution in [0, 0.1) is 16.7 Å². The predicted octanol–water partition coefficient (Wildman–Crippen LogP) is 2.98. The lowest BCUT2D eigenvalue weighted by Gasteiger charge is -2.26. The lowest BCUT2D eigenvalue weighted by Crippen LogP contribution is -2.55. The molecule has 33 heavy (non-hydrogen) atoms. The Bertz CT molecular complexity index is 996. The van der Waals surface area contributed by atoms with Crippen molar-refractivity contribution in [2.45, 2.75) is 63.6 Å². The van der Waals surface area contributed by atoms with Crippen molar-refractivity contribution in [1.29, 1.82) is 5.26 Å². The van der Waals surface area contributed by atoms with Crippen LogP contribution in [-0.2, 0) is 16.0 Å². The molecule has 0 spiro atoms. The van der Waals surface area contributed by atoms with Crippen molar-refractivity contribution in [3.63, 3.8) is 0 Å². The number of hydrogen-bond acceptors (Lipinski definition) is 5. The van der Waals surface area contributed by atoms with E-state index < -0.39 is 11.6 Å². The number of carbonyl (C=O) groups is 2. The standard InChI is InChI=1S/C25H31ClN4O3/c1-24(2)14-20-23(32)28-19(22(31)29-25(15-27)8-9-25)13-17-6-7-21(18(26)12-17)33-11-5-3-4-10-30(20)16-24/h3,5-7,12,19-20H,4,8-11,13-14,16H2,1-2H3,(H,28,32)(H,29,31)/b5-3-/t19-,20?/m0/s1. The molecule has 8 heteroatoms. The van der Waals surface area contributed by atoms with Gasteiger partial charge in [0, 0.05) is 19.5 Å². The van der Waals surface area contributed by atoms with Crippen LogP contribution in [0.15, 0.2) is 30.4 Å². The highest BCUT2D eigenvalue weighted by molar-refractivity contribution is 6.32. The van der Waals surface area contributed by atoms with Crippen molar-refractivity contribution in [3.05, 3.63) is 40.9 Å². The molecule has 1 aromatic rings. The SMILES string of the molecule is CC1(C)CC2C(=O)N[C@H](C(=O)NC3(C#N)CC3)Cc3ccc(c(Cl)c3)OC/C=C\CCN2C1. The first-order chi connectivity index (χ1) is 15.7. The summed E-state index contributed by atoms with van der Waals surface area (Å²) in [4.78, 5) is 28.8. The molecule has 3 aliphatic heterocycles. The van der Waals surface area contributed by atoms with Crippen molar-refractivity contribution in [1.82, 2.24) is 15.5 Å². The Morgan fingerprint density at radius 1 is 1.33 bits per heavy atom. The second-order valence-electron chi connectivity index (χ2n) is 10.1. The van der Waals surface area contributed by atoms with Gasteiger partial charge in [0.2, 0.25) is 11.8 Å². The van der Waals surface area contributed by atoms with Crippen LogP contribution >= 0.6 is 11.6 Å². The number of benzene rings is 1. The Morgan fingerprint density at radius 3 is 2.82 bits per heavy atom. The minimum atomic E-state index is -0.805. The first kappa shape index (κ1) is 23.6. The number of carbonyl (C=O) groups excluding carboxylic acids is 2. The van der Waals surface area contributed by atoms with E-state index >= 15 is 0 Å². The number of nitrogens with one attached hydrogen (secondary N) is 2. The first-order valence-corrected chi connectivity index (χ1v) is 11.9. The lowest BCUT2D eigenvalue weighted by molar-refractivity contribution is -0.131. The first-order valence-electron chi connectivity index (χ1n) is 11.5. The van der Waals surface area contributed by atoms with Gasteiger partial charge in [0.15, 0.2) is 0 Å². The van der Waals surface area contributed by atoms with Crippen molar-refractivity contribution in [2.24, 2.45) is 5.41 Å². The number of halogens is 1. The number of hydrogen-bond donors (Lipinski definition) is 2. The molecule has 176 valence electrons. The van der Waals surface area contributed by atoms with Crippen molar-refractivity contribution >= 4 is 23.4 Å². The van der Waals surface area contributed by atoms with Gasteiger partial charge in [0.1, 0.15) is 23.9 Å². The summed E-state index contributed by atoms with van der Waals surface area (Å²) in [5.74, 6) is 0.0846. The third-order valence-electron chi connectivity index (χ3n) is 6.60. The monoisotopic (exact) mass is 470 g/mol. The summed E-state index contributed by atoms with van der Waals surface area (Å²) >= 11 is 6.41. The Hall–Kier alpha value is -2.56. The van der Waals surface area contributed by atoms with Crippen molar-refractivity contribution in [2.75, 3.05) is 19.7 Å². The van der Waals surface area contributed by atoms with Crippen molar-refractivity contribution < 1.29 is 14.3 Å². The van der Waals surface area contributed by atoms with Crippen LogP contribution in [0.4, 0.5) is 0 Å². The maximum atomic E-state index is 13.4. The van der Waals surface area contributed by atoms with Gasteiger partial charge in [-0.2, -0.15) is 5.26 Å². The maximum absolute atomic E-state index is 13.4. The minimum Gasteiger partial charge on any atom is -0.488 e. The number of nitrogens with zero attached hydrogens (tertiary/aromatic N) is 2. The van der Waals surface area contributed by atoms with Gasteiger partial charge in [-0.05, 0) is 48.8 Å². The average Bonchev–Trinajstić information content (AvgIpc) is 3.46. The van der Waals surface area contributed by atoms with Gasteiger partial charge in [0.05, 0.1) is 17.1 Å². The predicted molar refractivity (Wildman–Crippen MR) is 126 cm³/mol. The van der Waals surface area contributed by atoms with E-state index in [1.165, 1.54) is 0 Å². The molecular formula is C25H31ClN4O3. The van der Waals surface area contributed by atoms with E-state index in [0.29, 0.717) is 30.2 Å². The largest absolute Gasteiger partial charge is 0.488 e. The fourth-order valence-electron chi connectivity index (χ4n) is 4.65. The van der Waals surface area contributed by atoms with E-state index in [2.05, 4.69) is 41.5 Å². The summed E-state index contributed by atoms with van der Waals surface area (Å²) in [5.41, 5.74) is 0.0123. The second kappa shape index (κ2) is 9.36. The molecule has 5 rings (SSSR count). The van der Waals surface area contributed by atoms with Gasteiger partial charge in [-0.3, -0.25) is 14.5 Å². The zero-order chi connectivity index (χ0) is 23.6. The smallest absolute Gasteiger partial charge is 0.244 e. The Labute approximate surface area is 200 Å². The summed E-state index contributed by atoms with van der Waals surface area (Å²) in [6.07, 6.45) is 7.08. The number of rotatable bonds is 2. The van der Waals surface area contributed by atoms with Crippen LogP contribution in [0.5, 0.6) is 5.75 Å². The minimum absolute atomic E-state index is 0.0114. The zero-order valence-corrected chi connectivity index (χ0v) is 20.0. The molecule has 1 aliphatic carbocycles. The van der Waals surface area contributed by atoms with Crippen molar-refractivity contribution in [3.8, 4) is 11.8 Å². The molecule has 2 amide bonds. The van der Waals surface area contributed by atoms with E-state index in [0.717, 1.165) is 31.5 Å². The Kier molecular flexibility index (Phi) is 6.69. The topological polar surface area (TPSA) is 94.5 Å². The quantitative estimate of drug-likeness (QED) is 0.648. The Balaban J connectivity index is 1.61. The maximum Gasteiger partial charge on any atom is 0.244 e. The average molecular weight is 471 g/mol. The van der Waals surface area contributed by atoms with Gasteiger partial charge >= 0.3 is 0 Å². The van der Waals surface area contributed by atoms with E-state index in [1.807, 2.05) is 12.1 Å². The van der Waals surface area contributed by atoms with E-state index in [-0.39, 0.29) is 29.7 Å². The summed E-state index contributed by atoms with van der Waals surface area (Å²) in [6, 6.07) is 6.48. The number of nitriles is 1. The highest BCUT2D eigenvalue weighted by Crippen LogP contribution is 2.35. The molecule has 4 aliphatic rings. The molecule has 2 fully saturated rings. The zero-order valence-electron chi connectivity index (χ0n) is 19.2. The molecule has 1 unspecified atom stereocenters. The third-order valence-corrected chi connectivity index (χ3v) is 6.90. The van der Waals surface area contributed by atoms with E-state index in [4.69, 9.17) is 16.3 Å². The highest BCUT2D eigenvalue weighted by atomic mass is 35.5. The van der Waals surface area contributed by atoms with Crippen LogP contribution in [0.1, 0.15) is 45.1 Å². The van der Waals surface area contributed by atoms with E-state index in [1.54, 1.807) is 12.1 Å². The van der Waals surface area contributed by atoms with Gasteiger partial charge in [-0.25, -0.2) is 0 Å². The summed E-state index contributed by atoms with van der Waals surface area (Å²) in [7, 11) is 0. The van der Waals surface area contributed by atoms with Gasteiger partial charge in [-0.15, -0.1) is 0 Å². The third kappa shape index (κ3) is 5.69. The molecule has 1 aromatic carbocycles. The molecule has 7 nitrogen and oxygen atoms in total. The molecule has 2 N–H and O–H groups in total. The molecule has 0 aromatic heterocycles. The van der Waals surface area contributed by atoms with Crippen LogP contribution in [0.3, 0.4) is 0 Å². The van der Waals surface area contributed by atoms with Crippen LogP contribution in [-0.4, -0.2) is 54.0 Å². The fourth-order valence-corrected chi connectivity index (χ4v) is 4.91. The molecule has 3 heterocycles. The van der Waals surface area contributed by atoms with Crippen LogP contribution in [0.2, 0.25) is 5.02 Å². The summed E-state index contributed by atoms with van der Waals surface area (Å²) in [5, 5.41) is 15.7. The number of fused-ring (bicyclic) bond motifs is 9. The number of amides is 2. The second-order valence-corrected chi connectivity index (χ2v) is 10.5. The van der Waals surface area contributed by atoms with Gasteiger partial charge in [0.25, 0.3) is 0 Å². The van der Waals surface area contributed by atoms with Gasteiger partial charge in [-0.1, -0.05) is 43.7 Å². The summed E-state index contributed by atoms with van der Waals surface area (Å²) < 4.78 is 5.77. The summed E-state index contributed by atoms with van der Waals surface area (Å²) in [6.45, 7) is 6.31. The number of ether oxygens (including phenoxy) is 1. The normalized spacial score (nSPS) is 27.5. The van der Waals surface area contributed by atoms with Crippen LogP contribution in [0.25, 0.3) is 0 Å².